The summed E-state index contributed by atoms with van der Waals surface area (Å²) in [6.07, 6.45) is 1.98. The van der Waals surface area contributed by atoms with Crippen molar-refractivity contribution in [3.8, 4) is 0 Å². The highest BCUT2D eigenvalue weighted by Gasteiger charge is 2.33. The molecule has 0 unspecified atom stereocenters. The van der Waals surface area contributed by atoms with Crippen molar-refractivity contribution < 1.29 is 14.5 Å². The maximum Gasteiger partial charge on any atom is 0.410 e. The minimum Gasteiger partial charge on any atom is -0.444 e. The zero-order valence-corrected chi connectivity index (χ0v) is 16.1. The Morgan fingerprint density at radius 2 is 1.92 bits per heavy atom. The number of hydrogen-bond donors (Lipinski definition) is 1. The highest BCUT2D eigenvalue weighted by atomic mass is 16.6. The van der Waals surface area contributed by atoms with Crippen LogP contribution in [0.5, 0.6) is 0 Å². The monoisotopic (exact) mass is 363 g/mol. The van der Waals surface area contributed by atoms with E-state index in [2.05, 4.69) is 12.2 Å². The third-order valence-corrected chi connectivity index (χ3v) is 4.65. The summed E-state index contributed by atoms with van der Waals surface area (Å²) in [5, 5.41) is 14.6. The molecule has 0 spiro atoms. The Morgan fingerprint density at radius 1 is 1.31 bits per heavy atom. The number of amides is 1. The van der Waals surface area contributed by atoms with Gasteiger partial charge in [-0.1, -0.05) is 18.2 Å². The van der Waals surface area contributed by atoms with Crippen molar-refractivity contribution in [2.24, 2.45) is 0 Å². The van der Waals surface area contributed by atoms with Gasteiger partial charge < -0.3 is 15.0 Å². The summed E-state index contributed by atoms with van der Waals surface area (Å²) >= 11 is 0. The fourth-order valence-electron chi connectivity index (χ4n) is 3.09. The molecule has 26 heavy (non-hydrogen) atoms. The smallest absolute Gasteiger partial charge is 0.410 e. The number of nitro groups is 1. The number of benzene rings is 1. The first-order chi connectivity index (χ1) is 12.1. The van der Waals surface area contributed by atoms with Crippen LogP contribution in [-0.4, -0.2) is 46.7 Å². The van der Waals surface area contributed by atoms with Gasteiger partial charge in [-0.25, -0.2) is 4.79 Å². The molecule has 0 radical (unpaired) electrons. The highest BCUT2D eigenvalue weighted by Crippen LogP contribution is 2.24. The van der Waals surface area contributed by atoms with Gasteiger partial charge in [0, 0.05) is 30.3 Å². The van der Waals surface area contributed by atoms with Crippen LogP contribution in [0.25, 0.3) is 0 Å². The summed E-state index contributed by atoms with van der Waals surface area (Å²) in [7, 11) is 0. The summed E-state index contributed by atoms with van der Waals surface area (Å²) in [5.41, 5.74) is 0.335. The fourth-order valence-corrected chi connectivity index (χ4v) is 3.09. The number of piperidine rings is 1. The Morgan fingerprint density at radius 3 is 2.50 bits per heavy atom. The number of nitrogens with zero attached hydrogens (tertiary/aromatic N) is 2. The third kappa shape index (κ3) is 5.69. The van der Waals surface area contributed by atoms with Crippen LogP contribution >= 0.6 is 0 Å². The van der Waals surface area contributed by atoms with E-state index >= 15 is 0 Å². The molecule has 7 heteroatoms. The minimum absolute atomic E-state index is 0.0813. The Hall–Kier alpha value is -2.15. The topological polar surface area (TPSA) is 84.7 Å². The molecule has 7 nitrogen and oxygen atoms in total. The Labute approximate surface area is 154 Å². The van der Waals surface area contributed by atoms with E-state index in [9.17, 15) is 14.9 Å². The van der Waals surface area contributed by atoms with Crippen molar-refractivity contribution in [1.29, 1.82) is 0 Å². The molecule has 1 N–H and O–H groups in total. The van der Waals surface area contributed by atoms with Gasteiger partial charge in [-0.2, -0.15) is 0 Å². The van der Waals surface area contributed by atoms with Gasteiger partial charge in [0.15, 0.2) is 0 Å². The summed E-state index contributed by atoms with van der Waals surface area (Å²) in [6.45, 7) is 9.68. The molecule has 1 aromatic carbocycles. The lowest BCUT2D eigenvalue weighted by molar-refractivity contribution is -0.385. The molecule has 0 aliphatic carbocycles. The largest absolute Gasteiger partial charge is 0.444 e. The van der Waals surface area contributed by atoms with Gasteiger partial charge in [-0.3, -0.25) is 10.1 Å². The lowest BCUT2D eigenvalue weighted by Crippen LogP contribution is -2.53. The summed E-state index contributed by atoms with van der Waals surface area (Å²) in [4.78, 5) is 24.6. The first kappa shape index (κ1) is 20.2. The van der Waals surface area contributed by atoms with E-state index in [4.69, 9.17) is 4.74 Å². The van der Waals surface area contributed by atoms with Crippen molar-refractivity contribution in [2.45, 2.75) is 58.1 Å². The average molecular weight is 363 g/mol. The molecule has 1 amide bonds. The van der Waals surface area contributed by atoms with E-state index < -0.39 is 5.60 Å². The molecular weight excluding hydrogens is 334 g/mol. The van der Waals surface area contributed by atoms with Crippen LogP contribution in [0.1, 0.15) is 46.1 Å². The number of carbonyl (C=O) groups excluding carboxylic acids is 1. The van der Waals surface area contributed by atoms with Crippen LogP contribution in [0.15, 0.2) is 24.3 Å². The number of nitrogens with one attached hydrogen (secondary N) is 1. The number of ether oxygens (including phenoxy) is 1. The van der Waals surface area contributed by atoms with Gasteiger partial charge >= 0.3 is 6.09 Å². The van der Waals surface area contributed by atoms with Gasteiger partial charge in [0.1, 0.15) is 5.60 Å². The number of rotatable bonds is 5. The van der Waals surface area contributed by atoms with Gasteiger partial charge in [0.2, 0.25) is 0 Å². The van der Waals surface area contributed by atoms with E-state index in [0.717, 1.165) is 18.4 Å². The average Bonchev–Trinajstić information content (AvgIpc) is 2.54. The molecular formula is C19H29N3O4. The maximum absolute atomic E-state index is 12.1. The Bertz CT molecular complexity index is 646. The molecule has 0 aromatic heterocycles. The molecule has 1 aromatic rings. The predicted molar refractivity (Wildman–Crippen MR) is 100 cm³/mol. The molecule has 0 bridgehead atoms. The molecule has 1 fully saturated rings. The fraction of sp³-hybridized carbons (Fsp3) is 0.632. The predicted octanol–water partition coefficient (Wildman–Crippen LogP) is 3.52. The lowest BCUT2D eigenvalue weighted by Gasteiger charge is -2.40. The van der Waals surface area contributed by atoms with Gasteiger partial charge in [-0.15, -0.1) is 0 Å². The summed E-state index contributed by atoms with van der Waals surface area (Å²) in [5.74, 6) is 0. The second-order valence-electron chi connectivity index (χ2n) is 8.09. The molecule has 144 valence electrons. The SMILES string of the molecule is CC1(NCCc2ccccc2[N+](=O)[O-])CCN(C(=O)OC(C)(C)C)CC1. The zero-order valence-electron chi connectivity index (χ0n) is 16.1. The van der Waals surface area contributed by atoms with Crippen LogP contribution in [0.3, 0.4) is 0 Å². The van der Waals surface area contributed by atoms with Gasteiger partial charge in [-0.05, 0) is 53.5 Å². The van der Waals surface area contributed by atoms with E-state index in [1.54, 1.807) is 17.0 Å². The number of nitro benzene ring substituents is 1. The Kier molecular flexibility index (Phi) is 6.23. The maximum atomic E-state index is 12.1. The first-order valence-corrected chi connectivity index (χ1v) is 9.05. The van der Waals surface area contributed by atoms with Crippen LogP contribution in [0.2, 0.25) is 0 Å². The van der Waals surface area contributed by atoms with E-state index in [1.165, 1.54) is 6.07 Å². The quantitative estimate of drug-likeness (QED) is 0.639. The zero-order chi connectivity index (χ0) is 19.4. The summed E-state index contributed by atoms with van der Waals surface area (Å²) in [6, 6.07) is 6.84. The van der Waals surface area contributed by atoms with Crippen LogP contribution in [0, 0.1) is 10.1 Å². The van der Waals surface area contributed by atoms with Gasteiger partial charge in [0.05, 0.1) is 4.92 Å². The lowest BCUT2D eigenvalue weighted by atomic mass is 9.89. The van der Waals surface area contributed by atoms with Crippen molar-refractivity contribution >= 4 is 11.8 Å². The second-order valence-corrected chi connectivity index (χ2v) is 8.09. The first-order valence-electron chi connectivity index (χ1n) is 9.05. The molecule has 1 saturated heterocycles. The number of hydrogen-bond acceptors (Lipinski definition) is 5. The minimum atomic E-state index is -0.486. The third-order valence-electron chi connectivity index (χ3n) is 4.65. The molecule has 1 heterocycles. The number of para-hydroxylation sites is 1. The van der Waals surface area contributed by atoms with Crippen LogP contribution in [0.4, 0.5) is 10.5 Å². The number of likely N-dealkylation sites (tertiary alicyclic amines) is 1. The van der Waals surface area contributed by atoms with Crippen molar-refractivity contribution in [2.75, 3.05) is 19.6 Å². The van der Waals surface area contributed by atoms with Crippen LogP contribution in [-0.2, 0) is 11.2 Å². The van der Waals surface area contributed by atoms with Crippen molar-refractivity contribution in [3.63, 3.8) is 0 Å². The molecule has 0 saturated carbocycles. The van der Waals surface area contributed by atoms with Crippen molar-refractivity contribution in [1.82, 2.24) is 10.2 Å². The second kappa shape index (κ2) is 8.03. The number of carbonyl (C=O) groups is 1. The molecule has 1 aliphatic rings. The summed E-state index contributed by atoms with van der Waals surface area (Å²) < 4.78 is 5.42. The van der Waals surface area contributed by atoms with E-state index in [1.807, 2.05) is 26.8 Å². The van der Waals surface area contributed by atoms with Gasteiger partial charge in [0.25, 0.3) is 5.69 Å². The van der Waals surface area contributed by atoms with Crippen LogP contribution < -0.4 is 5.32 Å². The Balaban J connectivity index is 1.83. The van der Waals surface area contributed by atoms with Crippen molar-refractivity contribution in [3.05, 3.63) is 39.9 Å². The molecule has 2 rings (SSSR count). The highest BCUT2D eigenvalue weighted by molar-refractivity contribution is 5.68. The van der Waals surface area contributed by atoms with E-state index in [-0.39, 0.29) is 22.2 Å². The normalized spacial score (nSPS) is 17.0. The molecule has 1 aliphatic heterocycles. The van der Waals surface area contributed by atoms with E-state index in [0.29, 0.717) is 26.1 Å². The molecule has 0 atom stereocenters. The standard InChI is InChI=1S/C19H29N3O4/c1-18(2,3)26-17(23)21-13-10-19(4,11-14-21)20-12-9-15-7-5-6-8-16(15)22(24)25/h5-8,20H,9-14H2,1-4H3.